The van der Waals surface area contributed by atoms with Gasteiger partial charge in [-0.25, -0.2) is 0 Å². The largest absolute Gasteiger partial charge is 0.360 e. The van der Waals surface area contributed by atoms with Gasteiger partial charge in [-0.2, -0.15) is 0 Å². The minimum atomic E-state index is -2.96. The zero-order valence-corrected chi connectivity index (χ0v) is 11.7. The molecule has 0 bridgehead atoms. The van der Waals surface area contributed by atoms with Crippen LogP contribution in [0.5, 0.6) is 0 Å². The summed E-state index contributed by atoms with van der Waals surface area (Å²) in [5.41, 5.74) is 0.869. The second-order valence-electron chi connectivity index (χ2n) is 2.76. The molecule has 0 N–H and O–H groups in total. The summed E-state index contributed by atoms with van der Waals surface area (Å²) in [5.74, 6) is 0. The van der Waals surface area contributed by atoms with E-state index in [0.29, 0.717) is 0 Å². The van der Waals surface area contributed by atoms with Crippen molar-refractivity contribution in [2.24, 2.45) is 0 Å². The molecule has 1 aromatic carbocycles. The summed E-state index contributed by atoms with van der Waals surface area (Å²) in [6, 6.07) is 6.39. The first-order chi connectivity index (χ1) is 6.43. The van der Waals surface area contributed by atoms with E-state index in [9.17, 15) is 0 Å². The first-order valence-corrected chi connectivity index (χ1v) is 9.81. The van der Waals surface area contributed by atoms with E-state index in [1.165, 1.54) is 0 Å². The lowest BCUT2D eigenvalue weighted by molar-refractivity contribution is 1.02. The van der Waals surface area contributed by atoms with E-state index in [2.05, 4.69) is 0 Å². The fourth-order valence-corrected chi connectivity index (χ4v) is 4.07. The van der Waals surface area contributed by atoms with Gasteiger partial charge in [-0.3, -0.25) is 0 Å². The second-order valence-corrected chi connectivity index (χ2v) is 12.9. The summed E-state index contributed by atoms with van der Waals surface area (Å²) in [7, 11) is 0. The minimum absolute atomic E-state index is 0.461. The molecule has 78 valence electrons. The zero-order chi connectivity index (χ0) is 10.8. The Balaban J connectivity index is 2.81. The molecule has 0 aliphatic carbocycles. The smallest absolute Gasteiger partial charge is 0.124 e. The summed E-state index contributed by atoms with van der Waals surface area (Å²) in [6.07, 6.45) is 0. The van der Waals surface area contributed by atoms with Crippen LogP contribution in [0.3, 0.4) is 0 Å². The molecule has 0 nitrogen and oxygen atoms in total. The Kier molecular flexibility index (Phi) is 4.89. The predicted octanol–water partition coefficient (Wildman–Crippen LogP) is 4.77. The molecule has 0 spiro atoms. The molecule has 0 saturated heterocycles. The third kappa shape index (κ3) is 3.48. The van der Waals surface area contributed by atoms with Crippen LogP contribution in [0.2, 0.25) is 0 Å². The van der Waals surface area contributed by atoms with Crippen molar-refractivity contribution in [2.75, 3.05) is 0 Å². The highest BCUT2D eigenvalue weighted by Crippen LogP contribution is 2.39. The maximum Gasteiger partial charge on any atom is 0.360 e. The van der Waals surface area contributed by atoms with Crippen LogP contribution in [0.25, 0.3) is 0 Å². The van der Waals surface area contributed by atoms with E-state index < -0.39 is 16.4 Å². The summed E-state index contributed by atoms with van der Waals surface area (Å²) < 4.78 is 0. The van der Waals surface area contributed by atoms with Crippen LogP contribution < -0.4 is 0 Å². The van der Waals surface area contributed by atoms with Gasteiger partial charge in [0.25, 0.3) is 0 Å². The second kappa shape index (κ2) is 5.29. The van der Waals surface area contributed by atoms with Crippen molar-refractivity contribution in [1.29, 1.82) is 0 Å². The van der Waals surface area contributed by atoms with Crippen molar-refractivity contribution in [3.8, 4) is 0 Å². The average molecular weight is 308 g/mol. The van der Waals surface area contributed by atoms with Crippen molar-refractivity contribution in [3.63, 3.8) is 0 Å². The van der Waals surface area contributed by atoms with E-state index >= 15 is 0 Å². The van der Waals surface area contributed by atoms with Gasteiger partial charge in [-0.05, 0) is 5.56 Å². The van der Waals surface area contributed by atoms with Gasteiger partial charge in [0.2, 0.25) is 0 Å². The summed E-state index contributed by atoms with van der Waals surface area (Å²) in [6.45, 7) is 0. The molecule has 0 aliphatic rings. The lowest BCUT2D eigenvalue weighted by Crippen LogP contribution is -2.29. The molecule has 0 amide bonds. The van der Waals surface area contributed by atoms with E-state index in [-0.39, 0.29) is 0 Å². The number of hydrogen-bond donors (Lipinski definition) is 0. The Labute approximate surface area is 108 Å². The average Bonchev–Trinajstić information content (AvgIpc) is 2.15. The molecule has 1 rings (SSSR count). The molecular formula is C8H7Cl5Si. The number of rotatable bonds is 3. The van der Waals surface area contributed by atoms with Crippen LogP contribution in [0.15, 0.2) is 30.3 Å². The SMILES string of the molecule is ClC(c1ccccc1)C(Cl)[Si](Cl)(Cl)Cl. The predicted molar refractivity (Wildman–Crippen MR) is 68.0 cm³/mol. The van der Waals surface area contributed by atoms with Crippen LogP contribution in [0, 0.1) is 0 Å². The molecule has 0 radical (unpaired) electrons. The Bertz CT molecular complexity index is 284. The van der Waals surface area contributed by atoms with Crippen molar-refractivity contribution in [3.05, 3.63) is 35.9 Å². The fourth-order valence-electron chi connectivity index (χ4n) is 0.972. The van der Waals surface area contributed by atoms with Crippen molar-refractivity contribution >= 4 is 62.4 Å². The molecule has 0 fully saturated rings. The molecule has 0 heterocycles. The fraction of sp³-hybridized carbons (Fsp3) is 0.250. The lowest BCUT2D eigenvalue weighted by Gasteiger charge is -2.20. The summed E-state index contributed by atoms with van der Waals surface area (Å²) >= 11 is 29.4. The molecule has 0 saturated carbocycles. The van der Waals surface area contributed by atoms with E-state index in [4.69, 9.17) is 56.4 Å². The van der Waals surface area contributed by atoms with Gasteiger partial charge in [0.15, 0.2) is 0 Å². The highest BCUT2D eigenvalue weighted by molar-refractivity contribution is 7.66. The van der Waals surface area contributed by atoms with Crippen LogP contribution in [-0.2, 0) is 0 Å². The lowest BCUT2D eigenvalue weighted by atomic mass is 10.2. The number of hydrogen-bond acceptors (Lipinski definition) is 0. The van der Waals surface area contributed by atoms with E-state index in [1.54, 1.807) is 0 Å². The molecule has 2 atom stereocenters. The van der Waals surface area contributed by atoms with Gasteiger partial charge in [-0.1, -0.05) is 30.3 Å². The Morgan fingerprint density at radius 1 is 0.929 bits per heavy atom. The summed E-state index contributed by atoms with van der Waals surface area (Å²) in [5, 5.41) is -1.09. The highest BCUT2D eigenvalue weighted by atomic mass is 35.8. The normalized spacial score (nSPS) is 16.4. The van der Waals surface area contributed by atoms with Crippen LogP contribution in [0.1, 0.15) is 10.9 Å². The van der Waals surface area contributed by atoms with Gasteiger partial charge >= 0.3 is 6.00 Å². The molecule has 0 aliphatic heterocycles. The van der Waals surface area contributed by atoms with E-state index in [1.807, 2.05) is 30.3 Å². The molecule has 6 heteroatoms. The molecule has 14 heavy (non-hydrogen) atoms. The highest BCUT2D eigenvalue weighted by Gasteiger charge is 2.40. The monoisotopic (exact) mass is 306 g/mol. The summed E-state index contributed by atoms with van der Waals surface area (Å²) in [4.78, 5) is 0. The Morgan fingerprint density at radius 3 is 1.86 bits per heavy atom. The Morgan fingerprint density at radius 2 is 1.43 bits per heavy atom. The first-order valence-electron chi connectivity index (χ1n) is 3.82. The van der Waals surface area contributed by atoms with Crippen LogP contribution in [0.4, 0.5) is 0 Å². The number of alkyl halides is 2. The topological polar surface area (TPSA) is 0 Å². The van der Waals surface area contributed by atoms with Gasteiger partial charge in [0.05, 0.1) is 10.4 Å². The van der Waals surface area contributed by atoms with Gasteiger partial charge in [0.1, 0.15) is 0 Å². The third-order valence-corrected chi connectivity index (χ3v) is 7.85. The quantitative estimate of drug-likeness (QED) is 0.429. The molecule has 0 aromatic heterocycles. The zero-order valence-electron chi connectivity index (χ0n) is 6.93. The van der Waals surface area contributed by atoms with Crippen molar-refractivity contribution in [2.45, 2.75) is 10.4 Å². The van der Waals surface area contributed by atoms with Crippen LogP contribution in [-0.4, -0.2) is 11.0 Å². The van der Waals surface area contributed by atoms with E-state index in [0.717, 1.165) is 5.56 Å². The standard InChI is InChI=1S/C8H7Cl5Si/c9-7(8(10)14(11,12)13)6-4-2-1-3-5-6/h1-5,7-8H. The molecular weight excluding hydrogens is 301 g/mol. The van der Waals surface area contributed by atoms with Crippen molar-refractivity contribution in [1.82, 2.24) is 0 Å². The molecule has 2 unspecified atom stereocenters. The Hall–Kier alpha value is 0.887. The van der Waals surface area contributed by atoms with Crippen molar-refractivity contribution < 1.29 is 0 Å². The molecule has 1 aromatic rings. The number of benzene rings is 1. The maximum absolute atomic E-state index is 6.09. The van der Waals surface area contributed by atoms with Gasteiger partial charge in [0, 0.05) is 0 Å². The minimum Gasteiger partial charge on any atom is -0.124 e. The maximum atomic E-state index is 6.09. The van der Waals surface area contributed by atoms with Gasteiger partial charge < -0.3 is 0 Å². The van der Waals surface area contributed by atoms with Crippen LogP contribution >= 0.6 is 56.4 Å². The van der Waals surface area contributed by atoms with Gasteiger partial charge in [-0.15, -0.1) is 56.4 Å². The first kappa shape index (κ1) is 13.0. The number of halogens is 5. The third-order valence-electron chi connectivity index (χ3n) is 1.69.